The molecule has 0 unspecified atom stereocenters. The fraction of sp³-hybridized carbons (Fsp3) is 0.500. The Morgan fingerprint density at radius 1 is 0.529 bits per heavy atom. The van der Waals surface area contributed by atoms with Crippen LogP contribution >= 0.6 is 0 Å². The SMILES string of the molecule is [C-]1=CCCC=CCC1.[C-]1=CCCC=CCC1.[Pd+2]. The third kappa shape index (κ3) is 11.9. The van der Waals surface area contributed by atoms with Crippen molar-refractivity contribution in [2.24, 2.45) is 0 Å². The van der Waals surface area contributed by atoms with Gasteiger partial charge in [-0.1, -0.05) is 50.0 Å². The Bertz CT molecular complexity index is 179. The minimum absolute atomic E-state index is 0. The van der Waals surface area contributed by atoms with Gasteiger partial charge in [-0.15, -0.1) is 0 Å². The van der Waals surface area contributed by atoms with Gasteiger partial charge >= 0.3 is 20.4 Å². The summed E-state index contributed by atoms with van der Waals surface area (Å²) in [7, 11) is 0. The molecule has 0 fully saturated rings. The van der Waals surface area contributed by atoms with E-state index in [2.05, 4.69) is 48.6 Å². The predicted molar refractivity (Wildman–Crippen MR) is 70.8 cm³/mol. The van der Waals surface area contributed by atoms with E-state index in [0.717, 1.165) is 12.8 Å². The molecule has 0 aliphatic heterocycles. The van der Waals surface area contributed by atoms with E-state index in [1.165, 1.54) is 38.5 Å². The number of hydrogen-bond donors (Lipinski definition) is 0. The summed E-state index contributed by atoms with van der Waals surface area (Å²) in [6, 6.07) is 0. The second-order valence-corrected chi connectivity index (χ2v) is 3.99. The van der Waals surface area contributed by atoms with E-state index in [9.17, 15) is 0 Å². The quantitative estimate of drug-likeness (QED) is 0.336. The molecule has 2 aliphatic carbocycles. The summed E-state index contributed by atoms with van der Waals surface area (Å²) in [5, 5.41) is 0. The van der Waals surface area contributed by atoms with Gasteiger partial charge in [0.15, 0.2) is 0 Å². The average molecular weight is 321 g/mol. The molecule has 0 saturated carbocycles. The molecule has 0 spiro atoms. The van der Waals surface area contributed by atoms with Crippen molar-refractivity contribution in [2.45, 2.75) is 51.4 Å². The third-order valence-corrected chi connectivity index (χ3v) is 2.49. The van der Waals surface area contributed by atoms with Crippen molar-refractivity contribution in [2.75, 3.05) is 0 Å². The molecule has 0 N–H and O–H groups in total. The first kappa shape index (κ1) is 16.6. The Kier molecular flexibility index (Phi) is 13.4. The molecule has 1 heteroatoms. The molecule has 0 aromatic heterocycles. The Hall–Kier alpha value is -0.378. The summed E-state index contributed by atoms with van der Waals surface area (Å²) in [6.45, 7) is 0. The van der Waals surface area contributed by atoms with Gasteiger partial charge in [0.2, 0.25) is 0 Å². The maximum absolute atomic E-state index is 3.21. The van der Waals surface area contributed by atoms with Crippen LogP contribution in [0.15, 0.2) is 36.5 Å². The summed E-state index contributed by atoms with van der Waals surface area (Å²) < 4.78 is 0. The zero-order chi connectivity index (χ0) is 11.3. The Morgan fingerprint density at radius 3 is 1.41 bits per heavy atom. The summed E-state index contributed by atoms with van der Waals surface area (Å²) >= 11 is 0. The van der Waals surface area contributed by atoms with E-state index < -0.39 is 0 Å². The molecule has 0 nitrogen and oxygen atoms in total. The van der Waals surface area contributed by atoms with Crippen LogP contribution in [0, 0.1) is 12.2 Å². The van der Waals surface area contributed by atoms with Gasteiger partial charge in [0.1, 0.15) is 0 Å². The van der Waals surface area contributed by atoms with Crippen LogP contribution in [-0.4, -0.2) is 0 Å². The molecule has 0 saturated heterocycles. The van der Waals surface area contributed by atoms with Crippen molar-refractivity contribution < 1.29 is 20.4 Å². The van der Waals surface area contributed by atoms with Gasteiger partial charge < -0.3 is 12.2 Å². The topological polar surface area (TPSA) is 0 Å². The average Bonchev–Trinajstić information content (AvgIpc) is 2.15. The van der Waals surface area contributed by atoms with Crippen LogP contribution in [0.2, 0.25) is 0 Å². The van der Waals surface area contributed by atoms with Gasteiger partial charge in [0, 0.05) is 0 Å². The van der Waals surface area contributed by atoms with E-state index in [4.69, 9.17) is 0 Å². The van der Waals surface area contributed by atoms with Crippen LogP contribution in [0.1, 0.15) is 51.4 Å². The number of hydrogen-bond acceptors (Lipinski definition) is 0. The van der Waals surface area contributed by atoms with E-state index in [1.807, 2.05) is 0 Å². The zero-order valence-electron chi connectivity index (χ0n) is 10.4. The van der Waals surface area contributed by atoms with Gasteiger partial charge in [-0.05, 0) is 12.8 Å². The van der Waals surface area contributed by atoms with Crippen LogP contribution in [0.25, 0.3) is 0 Å². The smallest absolute Gasteiger partial charge is 0.500 e. The van der Waals surface area contributed by atoms with Gasteiger partial charge in [0.25, 0.3) is 0 Å². The van der Waals surface area contributed by atoms with Crippen LogP contribution in [0.3, 0.4) is 0 Å². The molecular weight excluding hydrogens is 299 g/mol. The molecular formula is C16H22Pd. The van der Waals surface area contributed by atoms with Gasteiger partial charge in [-0.25, -0.2) is 0 Å². The molecule has 96 valence electrons. The minimum Gasteiger partial charge on any atom is -0.500 e. The molecule has 0 radical (unpaired) electrons. The second kappa shape index (κ2) is 13.7. The van der Waals surface area contributed by atoms with Crippen molar-refractivity contribution in [1.29, 1.82) is 0 Å². The molecule has 17 heavy (non-hydrogen) atoms. The van der Waals surface area contributed by atoms with E-state index in [0.29, 0.717) is 0 Å². The van der Waals surface area contributed by atoms with Crippen LogP contribution < -0.4 is 0 Å². The van der Waals surface area contributed by atoms with Gasteiger partial charge in [-0.2, -0.15) is 12.8 Å². The van der Waals surface area contributed by atoms with Crippen molar-refractivity contribution >= 4 is 0 Å². The molecule has 0 heterocycles. The van der Waals surface area contributed by atoms with Crippen molar-refractivity contribution in [3.63, 3.8) is 0 Å². The first-order valence-electron chi connectivity index (χ1n) is 6.40. The molecule has 0 atom stereocenters. The Labute approximate surface area is 120 Å². The number of rotatable bonds is 0. The molecule has 0 aromatic carbocycles. The summed E-state index contributed by atoms with van der Waals surface area (Å²) in [5.41, 5.74) is 0. The van der Waals surface area contributed by atoms with Gasteiger partial charge in [0.05, 0.1) is 0 Å². The van der Waals surface area contributed by atoms with Crippen LogP contribution in [-0.2, 0) is 20.4 Å². The monoisotopic (exact) mass is 320 g/mol. The largest absolute Gasteiger partial charge is 2.00 e. The molecule has 2 aliphatic rings. The predicted octanol–water partition coefficient (Wildman–Crippen LogP) is 4.95. The second-order valence-electron chi connectivity index (χ2n) is 3.99. The zero-order valence-corrected chi connectivity index (χ0v) is 12.0. The standard InChI is InChI=1S/2C8H11.Pd/c2*1-2-4-6-8-7-5-3-1;/h2*1-2,7H,3-6H2;/q2*-1;+2. The van der Waals surface area contributed by atoms with Crippen molar-refractivity contribution in [1.82, 2.24) is 0 Å². The van der Waals surface area contributed by atoms with E-state index >= 15 is 0 Å². The maximum atomic E-state index is 3.21. The minimum atomic E-state index is 0. The first-order chi connectivity index (χ1) is 8.00. The summed E-state index contributed by atoms with van der Waals surface area (Å²) in [5.74, 6) is 0. The maximum Gasteiger partial charge on any atom is 2.00 e. The Morgan fingerprint density at radius 2 is 0.941 bits per heavy atom. The van der Waals surface area contributed by atoms with E-state index in [1.54, 1.807) is 0 Å². The van der Waals surface area contributed by atoms with Crippen molar-refractivity contribution in [3.05, 3.63) is 48.6 Å². The van der Waals surface area contributed by atoms with Crippen LogP contribution in [0.4, 0.5) is 0 Å². The number of allylic oxidation sites excluding steroid dienone is 8. The molecule has 0 amide bonds. The fourth-order valence-electron chi connectivity index (χ4n) is 1.57. The van der Waals surface area contributed by atoms with Crippen molar-refractivity contribution in [3.8, 4) is 0 Å². The molecule has 0 aromatic rings. The van der Waals surface area contributed by atoms with Gasteiger partial charge in [-0.3, -0.25) is 12.2 Å². The van der Waals surface area contributed by atoms with E-state index in [-0.39, 0.29) is 20.4 Å². The van der Waals surface area contributed by atoms with Crippen LogP contribution in [0.5, 0.6) is 0 Å². The third-order valence-electron chi connectivity index (χ3n) is 2.49. The molecule has 0 bridgehead atoms. The molecule has 2 rings (SSSR count). The normalized spacial score (nSPS) is 18.8. The summed E-state index contributed by atoms with van der Waals surface area (Å²) in [6.07, 6.45) is 29.0. The summed E-state index contributed by atoms with van der Waals surface area (Å²) in [4.78, 5) is 0. The first-order valence-corrected chi connectivity index (χ1v) is 6.40. The Balaban J connectivity index is 0.000000284. The fourth-order valence-corrected chi connectivity index (χ4v) is 1.57.